The van der Waals surface area contributed by atoms with Crippen molar-refractivity contribution in [3.8, 4) is 0 Å². The Morgan fingerprint density at radius 1 is 1.23 bits per heavy atom. The fourth-order valence-corrected chi connectivity index (χ4v) is 2.65. The minimum Gasteiger partial charge on any atom is -0.814 e. The molecule has 4 heteroatoms. The van der Waals surface area contributed by atoms with Gasteiger partial charge in [-0.05, 0) is 50.9 Å². The van der Waals surface area contributed by atoms with Crippen LogP contribution in [0.5, 0.6) is 0 Å². The molecule has 1 aromatic rings. The molecule has 0 bridgehead atoms. The van der Waals surface area contributed by atoms with Crippen molar-refractivity contribution < 1.29 is 20.4 Å². The molecule has 128 valence electrons. The van der Waals surface area contributed by atoms with Gasteiger partial charge >= 0.3 is 0 Å². The smallest absolute Gasteiger partial charge is 0.0625 e. The Morgan fingerprint density at radius 3 is 2.36 bits per heavy atom. The molecule has 1 fully saturated rings. The number of nitrogens with zero attached hydrogens (tertiary/aromatic N) is 3. The first kappa shape index (κ1) is 23.4. The van der Waals surface area contributed by atoms with Crippen LogP contribution >= 0.6 is 0 Å². The van der Waals surface area contributed by atoms with Crippen molar-refractivity contribution in [1.29, 1.82) is 0 Å². The molecule has 2 unspecified atom stereocenters. The number of hydrogen-bond donors (Lipinski definition) is 0. The van der Waals surface area contributed by atoms with Crippen molar-refractivity contribution in [1.82, 2.24) is 4.90 Å². The molecule has 1 saturated carbocycles. The van der Waals surface area contributed by atoms with Gasteiger partial charge in [0, 0.05) is 33.2 Å². The van der Waals surface area contributed by atoms with Gasteiger partial charge in [0.1, 0.15) is 0 Å². The van der Waals surface area contributed by atoms with E-state index in [-0.39, 0.29) is 27.8 Å². The maximum absolute atomic E-state index is 7.44. The van der Waals surface area contributed by atoms with Crippen molar-refractivity contribution in [3.05, 3.63) is 43.2 Å². The zero-order chi connectivity index (χ0) is 14.8. The van der Waals surface area contributed by atoms with Crippen molar-refractivity contribution >= 4 is 18.1 Å². The summed E-state index contributed by atoms with van der Waals surface area (Å²) >= 11 is 0. The van der Waals surface area contributed by atoms with E-state index in [4.69, 9.17) is 5.41 Å². The van der Waals surface area contributed by atoms with E-state index >= 15 is 0 Å². The Labute approximate surface area is 150 Å². The summed E-state index contributed by atoms with van der Waals surface area (Å²) in [6.45, 7) is 2.74. The first-order chi connectivity index (χ1) is 9.67. The van der Waals surface area contributed by atoms with Gasteiger partial charge in [0.15, 0.2) is 0 Å². The van der Waals surface area contributed by atoms with Gasteiger partial charge in [0.2, 0.25) is 0 Å². The fraction of sp³-hybridized carbons (Fsp3) is 0.500. The van der Waals surface area contributed by atoms with Crippen molar-refractivity contribution in [2.45, 2.75) is 26.2 Å². The van der Waals surface area contributed by atoms with Crippen LogP contribution in [0.2, 0.25) is 0 Å². The van der Waals surface area contributed by atoms with Crippen LogP contribution in [0.3, 0.4) is 0 Å². The summed E-state index contributed by atoms with van der Waals surface area (Å²) in [6.07, 6.45) is 7.18. The Bertz CT molecular complexity index is 404. The van der Waals surface area contributed by atoms with Gasteiger partial charge in [-0.25, -0.2) is 6.21 Å². The van der Waals surface area contributed by atoms with Crippen LogP contribution in [0, 0.1) is 19.3 Å². The SMILES string of the molecule is CC=[N-].CN(C)CC1CCCC1C=Nc1ccccc1.[CH3-].[Pd]. The topological polar surface area (TPSA) is 37.9 Å². The Kier molecular flexibility index (Phi) is 14.7. The number of para-hydroxylation sites is 1. The second-order valence-corrected chi connectivity index (χ2v) is 5.49. The third-order valence-electron chi connectivity index (χ3n) is 3.49. The van der Waals surface area contributed by atoms with Crippen molar-refractivity contribution in [3.63, 3.8) is 0 Å². The summed E-state index contributed by atoms with van der Waals surface area (Å²) in [5.74, 6) is 1.45. The van der Waals surface area contributed by atoms with Gasteiger partial charge in [-0.2, -0.15) is 0 Å². The van der Waals surface area contributed by atoms with Crippen LogP contribution in [0.25, 0.3) is 5.41 Å². The van der Waals surface area contributed by atoms with Gasteiger partial charge in [-0.3, -0.25) is 4.99 Å². The zero-order valence-electron chi connectivity index (χ0n) is 14.2. The summed E-state index contributed by atoms with van der Waals surface area (Å²) in [6, 6.07) is 10.2. The fourth-order valence-electron chi connectivity index (χ4n) is 2.65. The van der Waals surface area contributed by atoms with Crippen LogP contribution < -0.4 is 0 Å². The van der Waals surface area contributed by atoms with Gasteiger partial charge in [0.05, 0.1) is 5.69 Å². The summed E-state index contributed by atoms with van der Waals surface area (Å²) in [4.78, 5) is 6.89. The summed E-state index contributed by atoms with van der Waals surface area (Å²) in [7, 11) is 4.31. The molecule has 1 aliphatic carbocycles. The van der Waals surface area contributed by atoms with E-state index < -0.39 is 0 Å². The van der Waals surface area contributed by atoms with E-state index in [2.05, 4.69) is 42.3 Å². The molecule has 1 aromatic carbocycles. The maximum Gasteiger partial charge on any atom is 0.0625 e. The predicted molar refractivity (Wildman–Crippen MR) is 95.5 cm³/mol. The standard InChI is InChI=1S/C15H22N2.C2H4N.CH3.Pd/c1-17(2)12-14-8-6-7-13(14)11-16-15-9-4-3-5-10-15;1-2-3;;/h3-5,9-11,13-14H,6-8,12H2,1-2H3;2H,1H3;1H3;/q;2*-1;. The van der Waals surface area contributed by atoms with Crippen molar-refractivity contribution in [2.24, 2.45) is 16.8 Å². The Balaban J connectivity index is 0. The third-order valence-corrected chi connectivity index (χ3v) is 3.49. The molecule has 22 heavy (non-hydrogen) atoms. The molecular weight excluding hydrogens is 365 g/mol. The second kappa shape index (κ2) is 13.8. The second-order valence-electron chi connectivity index (χ2n) is 5.49. The molecule has 2 rings (SSSR count). The summed E-state index contributed by atoms with van der Waals surface area (Å²) in [5.41, 5.74) is 1.07. The molecule has 2 atom stereocenters. The molecular formula is C18H29N3Pd-2. The third kappa shape index (κ3) is 9.25. The maximum atomic E-state index is 7.44. The molecule has 0 N–H and O–H groups in total. The van der Waals surface area contributed by atoms with Crippen LogP contribution in [0.4, 0.5) is 5.69 Å². The number of hydrogen-bond acceptors (Lipinski definition) is 2. The van der Waals surface area contributed by atoms with Gasteiger partial charge in [-0.1, -0.05) is 31.5 Å². The molecule has 0 amide bonds. The normalized spacial score (nSPS) is 19.8. The Morgan fingerprint density at radius 2 is 1.82 bits per heavy atom. The van der Waals surface area contributed by atoms with Gasteiger partial charge < -0.3 is 17.7 Å². The predicted octanol–water partition coefficient (Wildman–Crippen LogP) is 4.46. The van der Waals surface area contributed by atoms with E-state index in [1.165, 1.54) is 25.8 Å². The molecule has 1 aliphatic rings. The van der Waals surface area contributed by atoms with E-state index in [1.807, 2.05) is 18.2 Å². The average molecular weight is 394 g/mol. The first-order valence-electron chi connectivity index (χ1n) is 7.33. The number of aliphatic imine (C=N–C) groups is 1. The monoisotopic (exact) mass is 393 g/mol. The molecule has 0 radical (unpaired) electrons. The molecule has 0 aliphatic heterocycles. The van der Waals surface area contributed by atoms with Crippen LogP contribution in [0.1, 0.15) is 26.2 Å². The zero-order valence-corrected chi connectivity index (χ0v) is 15.7. The summed E-state index contributed by atoms with van der Waals surface area (Å²) in [5, 5.41) is 7.44. The molecule has 0 heterocycles. The largest absolute Gasteiger partial charge is 0.814 e. The first-order valence-corrected chi connectivity index (χ1v) is 7.33. The minimum atomic E-state index is 0. The molecule has 3 nitrogen and oxygen atoms in total. The van der Waals surface area contributed by atoms with Crippen LogP contribution in [0.15, 0.2) is 35.3 Å². The van der Waals surface area contributed by atoms with E-state index in [1.54, 1.807) is 6.92 Å². The van der Waals surface area contributed by atoms with Crippen LogP contribution in [-0.2, 0) is 20.4 Å². The number of rotatable bonds is 4. The van der Waals surface area contributed by atoms with E-state index in [0.717, 1.165) is 17.8 Å². The summed E-state index contributed by atoms with van der Waals surface area (Å²) < 4.78 is 0. The molecule has 0 spiro atoms. The van der Waals surface area contributed by atoms with Gasteiger partial charge in [0.25, 0.3) is 0 Å². The quantitative estimate of drug-likeness (QED) is 0.422. The molecule has 0 saturated heterocycles. The van der Waals surface area contributed by atoms with Crippen LogP contribution in [-0.4, -0.2) is 38.0 Å². The van der Waals surface area contributed by atoms with E-state index in [0.29, 0.717) is 5.92 Å². The minimum absolute atomic E-state index is 0. The molecule has 0 aromatic heterocycles. The Hall–Kier alpha value is -0.818. The van der Waals surface area contributed by atoms with Crippen molar-refractivity contribution in [2.75, 3.05) is 20.6 Å². The van der Waals surface area contributed by atoms with E-state index in [9.17, 15) is 0 Å². The average Bonchev–Trinajstić information content (AvgIpc) is 2.85. The number of benzene rings is 1. The van der Waals surface area contributed by atoms with Gasteiger partial charge in [-0.15, -0.1) is 0 Å².